The van der Waals surface area contributed by atoms with Gasteiger partial charge in [0.05, 0.1) is 6.07 Å². The Kier molecular flexibility index (Phi) is 10.8. The van der Waals surface area contributed by atoms with Crippen LogP contribution in [0.15, 0.2) is 0 Å². The van der Waals surface area contributed by atoms with Crippen molar-refractivity contribution in [2.24, 2.45) is 5.41 Å². The number of carbonyl (C=O) groups excluding carboxylic acids is 1. The molecule has 1 N–H and O–H groups in total. The molecule has 0 atom stereocenters. The highest BCUT2D eigenvalue weighted by molar-refractivity contribution is 7.98. The standard InChI is InChI=1S/C15H28N2OS/c1-4-9-15(13-16,10-5-2)14(18)17-11-7-6-8-12-19-3/h4-12H2,1-3H3,(H,17,18). The van der Waals surface area contributed by atoms with E-state index in [0.717, 1.165) is 25.7 Å². The summed E-state index contributed by atoms with van der Waals surface area (Å²) in [5.41, 5.74) is -0.803. The Labute approximate surface area is 122 Å². The van der Waals surface area contributed by atoms with Gasteiger partial charge in [-0.1, -0.05) is 33.1 Å². The van der Waals surface area contributed by atoms with Crippen LogP contribution < -0.4 is 5.32 Å². The van der Waals surface area contributed by atoms with Gasteiger partial charge in [-0.2, -0.15) is 17.0 Å². The molecular weight excluding hydrogens is 256 g/mol. The quantitative estimate of drug-likeness (QED) is 0.588. The van der Waals surface area contributed by atoms with Crippen LogP contribution in [-0.2, 0) is 4.79 Å². The zero-order valence-corrected chi connectivity index (χ0v) is 13.4. The molecule has 0 rings (SSSR count). The molecule has 0 aliphatic heterocycles. The molecule has 0 aliphatic carbocycles. The molecule has 0 saturated carbocycles. The number of amides is 1. The minimum absolute atomic E-state index is 0.0661. The first-order valence-electron chi connectivity index (χ1n) is 7.35. The fraction of sp³-hybridized carbons (Fsp3) is 0.867. The number of nitrogens with one attached hydrogen (secondary N) is 1. The first kappa shape index (κ1) is 18.3. The van der Waals surface area contributed by atoms with Crippen molar-refractivity contribution >= 4 is 17.7 Å². The summed E-state index contributed by atoms with van der Waals surface area (Å²) in [6.45, 7) is 4.75. The molecule has 3 nitrogen and oxygen atoms in total. The lowest BCUT2D eigenvalue weighted by atomic mass is 9.80. The molecule has 19 heavy (non-hydrogen) atoms. The molecule has 0 heterocycles. The Morgan fingerprint density at radius 2 is 1.84 bits per heavy atom. The maximum atomic E-state index is 12.2. The van der Waals surface area contributed by atoms with Gasteiger partial charge in [-0.25, -0.2) is 0 Å². The van der Waals surface area contributed by atoms with Gasteiger partial charge in [-0.15, -0.1) is 0 Å². The molecule has 0 aromatic rings. The molecule has 0 aromatic carbocycles. The Morgan fingerprint density at radius 3 is 2.32 bits per heavy atom. The highest BCUT2D eigenvalue weighted by Crippen LogP contribution is 2.29. The third-order valence-electron chi connectivity index (χ3n) is 3.31. The van der Waals surface area contributed by atoms with Crippen LogP contribution in [0.4, 0.5) is 0 Å². The van der Waals surface area contributed by atoms with Crippen LogP contribution in [-0.4, -0.2) is 24.5 Å². The topological polar surface area (TPSA) is 52.9 Å². The first-order valence-corrected chi connectivity index (χ1v) is 8.74. The first-order chi connectivity index (χ1) is 9.16. The van der Waals surface area contributed by atoms with Crippen molar-refractivity contribution in [2.75, 3.05) is 18.6 Å². The van der Waals surface area contributed by atoms with Gasteiger partial charge in [0, 0.05) is 6.54 Å². The van der Waals surface area contributed by atoms with Gasteiger partial charge in [0.2, 0.25) is 5.91 Å². The van der Waals surface area contributed by atoms with E-state index in [9.17, 15) is 10.1 Å². The molecule has 110 valence electrons. The predicted molar refractivity (Wildman–Crippen MR) is 83.1 cm³/mol. The summed E-state index contributed by atoms with van der Waals surface area (Å²) < 4.78 is 0. The van der Waals surface area contributed by atoms with Crippen molar-refractivity contribution in [1.82, 2.24) is 5.32 Å². The fourth-order valence-corrected chi connectivity index (χ4v) is 2.78. The smallest absolute Gasteiger partial charge is 0.240 e. The average molecular weight is 284 g/mol. The molecular formula is C15H28N2OS. The van der Waals surface area contributed by atoms with Crippen LogP contribution in [0.1, 0.15) is 58.8 Å². The Morgan fingerprint density at radius 1 is 1.21 bits per heavy atom. The lowest BCUT2D eigenvalue weighted by Crippen LogP contribution is -2.40. The van der Waals surface area contributed by atoms with Crippen LogP contribution in [0.2, 0.25) is 0 Å². The van der Waals surface area contributed by atoms with E-state index >= 15 is 0 Å². The number of carbonyl (C=O) groups is 1. The summed E-state index contributed by atoms with van der Waals surface area (Å²) in [5, 5.41) is 12.3. The highest BCUT2D eigenvalue weighted by atomic mass is 32.2. The highest BCUT2D eigenvalue weighted by Gasteiger charge is 2.36. The normalized spacial score (nSPS) is 11.1. The van der Waals surface area contributed by atoms with Gasteiger partial charge < -0.3 is 5.32 Å². The van der Waals surface area contributed by atoms with Crippen LogP contribution in [0.3, 0.4) is 0 Å². The minimum Gasteiger partial charge on any atom is -0.355 e. The summed E-state index contributed by atoms with van der Waals surface area (Å²) in [6, 6.07) is 2.26. The largest absolute Gasteiger partial charge is 0.355 e. The molecule has 0 bridgehead atoms. The Balaban J connectivity index is 4.15. The molecule has 0 aromatic heterocycles. The summed E-state index contributed by atoms with van der Waals surface area (Å²) in [5.74, 6) is 1.12. The third-order valence-corrected chi connectivity index (χ3v) is 4.01. The van der Waals surface area contributed by atoms with E-state index in [1.165, 1.54) is 12.2 Å². The van der Waals surface area contributed by atoms with Gasteiger partial charge in [-0.3, -0.25) is 4.79 Å². The van der Waals surface area contributed by atoms with Gasteiger partial charge in [0.1, 0.15) is 5.41 Å². The van der Waals surface area contributed by atoms with E-state index < -0.39 is 5.41 Å². The number of hydrogen-bond acceptors (Lipinski definition) is 3. The minimum atomic E-state index is -0.803. The number of hydrogen-bond donors (Lipinski definition) is 1. The second-order valence-electron chi connectivity index (χ2n) is 5.00. The maximum absolute atomic E-state index is 12.2. The molecule has 0 unspecified atom stereocenters. The number of unbranched alkanes of at least 4 members (excludes halogenated alkanes) is 2. The molecule has 0 aliphatic rings. The zero-order chi connectivity index (χ0) is 14.6. The van der Waals surface area contributed by atoms with Gasteiger partial charge in [0.25, 0.3) is 0 Å². The van der Waals surface area contributed by atoms with Crippen molar-refractivity contribution in [3.8, 4) is 6.07 Å². The van der Waals surface area contributed by atoms with E-state index in [2.05, 4.69) is 17.6 Å². The molecule has 0 fully saturated rings. The number of thioether (sulfide) groups is 1. The van der Waals surface area contributed by atoms with Gasteiger partial charge in [0.15, 0.2) is 0 Å². The predicted octanol–water partition coefficient (Wildman–Crippen LogP) is 3.75. The zero-order valence-electron chi connectivity index (χ0n) is 12.6. The molecule has 0 radical (unpaired) electrons. The molecule has 4 heteroatoms. The van der Waals surface area contributed by atoms with Crippen molar-refractivity contribution in [3.63, 3.8) is 0 Å². The van der Waals surface area contributed by atoms with Crippen LogP contribution in [0.5, 0.6) is 0 Å². The molecule has 0 saturated heterocycles. The van der Waals surface area contributed by atoms with E-state index in [1.54, 1.807) is 0 Å². The van der Waals surface area contributed by atoms with E-state index in [0.29, 0.717) is 19.4 Å². The Bertz CT molecular complexity index is 280. The summed E-state index contributed by atoms with van der Waals surface area (Å²) >= 11 is 1.86. The third kappa shape index (κ3) is 6.87. The number of nitrogens with zero attached hydrogens (tertiary/aromatic N) is 1. The van der Waals surface area contributed by atoms with Crippen LogP contribution in [0, 0.1) is 16.7 Å². The average Bonchev–Trinajstić information content (AvgIpc) is 2.42. The second kappa shape index (κ2) is 11.2. The number of rotatable bonds is 11. The summed E-state index contributed by atoms with van der Waals surface area (Å²) in [4.78, 5) is 12.2. The second-order valence-corrected chi connectivity index (χ2v) is 5.99. The van der Waals surface area contributed by atoms with Crippen molar-refractivity contribution in [1.29, 1.82) is 5.26 Å². The molecule has 1 amide bonds. The van der Waals surface area contributed by atoms with Crippen molar-refractivity contribution in [2.45, 2.75) is 58.8 Å². The fourth-order valence-electron chi connectivity index (χ4n) is 2.29. The van der Waals surface area contributed by atoms with Crippen LogP contribution >= 0.6 is 11.8 Å². The SMILES string of the molecule is CCCC(C#N)(CCC)C(=O)NCCCCCSC. The number of nitriles is 1. The lowest BCUT2D eigenvalue weighted by Gasteiger charge is -2.24. The molecule has 0 spiro atoms. The lowest BCUT2D eigenvalue weighted by molar-refractivity contribution is -0.128. The van der Waals surface area contributed by atoms with Crippen LogP contribution in [0.25, 0.3) is 0 Å². The monoisotopic (exact) mass is 284 g/mol. The van der Waals surface area contributed by atoms with E-state index in [-0.39, 0.29) is 5.91 Å². The van der Waals surface area contributed by atoms with E-state index in [1.807, 2.05) is 25.6 Å². The van der Waals surface area contributed by atoms with Crippen molar-refractivity contribution < 1.29 is 4.79 Å². The van der Waals surface area contributed by atoms with Gasteiger partial charge in [-0.05, 0) is 37.7 Å². The van der Waals surface area contributed by atoms with E-state index in [4.69, 9.17) is 0 Å². The Hall–Kier alpha value is -0.690. The van der Waals surface area contributed by atoms with Gasteiger partial charge >= 0.3 is 0 Å². The maximum Gasteiger partial charge on any atom is 0.240 e. The summed E-state index contributed by atoms with van der Waals surface area (Å²) in [6.07, 6.45) is 8.52. The van der Waals surface area contributed by atoms with Crippen molar-refractivity contribution in [3.05, 3.63) is 0 Å². The summed E-state index contributed by atoms with van der Waals surface area (Å²) in [7, 11) is 0.